The molecule has 0 radical (unpaired) electrons. The van der Waals surface area contributed by atoms with Gasteiger partial charge in [-0.25, -0.2) is 0 Å². The number of carbonyl (C=O) groups is 2. The number of carbonyl (C=O) groups excluding carboxylic acids is 2. The summed E-state index contributed by atoms with van der Waals surface area (Å²) in [7, 11) is 3.74. The average molecular weight is 344 g/mol. The van der Waals surface area contributed by atoms with Crippen LogP contribution < -0.4 is 4.74 Å². The quantitative estimate of drug-likeness (QED) is 0.843. The number of likely N-dealkylation sites (tertiary alicyclic amines) is 1. The number of nitrogens with zero attached hydrogens (tertiary/aromatic N) is 2. The normalized spacial score (nSPS) is 25.7. The molecule has 1 saturated heterocycles. The van der Waals surface area contributed by atoms with Crippen molar-refractivity contribution in [3.8, 4) is 5.75 Å². The molecule has 0 spiro atoms. The van der Waals surface area contributed by atoms with Gasteiger partial charge >= 0.3 is 0 Å². The highest BCUT2D eigenvalue weighted by Gasteiger charge is 2.42. The van der Waals surface area contributed by atoms with Crippen LogP contribution in [0.15, 0.2) is 18.2 Å². The van der Waals surface area contributed by atoms with Gasteiger partial charge in [0.05, 0.1) is 0 Å². The Hall–Kier alpha value is -2.04. The van der Waals surface area contributed by atoms with E-state index in [-0.39, 0.29) is 24.5 Å². The van der Waals surface area contributed by atoms with E-state index in [1.807, 2.05) is 55.9 Å². The second-order valence-corrected chi connectivity index (χ2v) is 7.62. The molecule has 1 heterocycles. The first-order valence-electron chi connectivity index (χ1n) is 9.05. The summed E-state index contributed by atoms with van der Waals surface area (Å²) in [6, 6.07) is 6.10. The predicted molar refractivity (Wildman–Crippen MR) is 96.4 cm³/mol. The minimum absolute atomic E-state index is 0.00392. The number of amides is 2. The van der Waals surface area contributed by atoms with Gasteiger partial charge in [-0.05, 0) is 55.7 Å². The van der Waals surface area contributed by atoms with Gasteiger partial charge in [0, 0.05) is 33.1 Å². The van der Waals surface area contributed by atoms with E-state index in [0.29, 0.717) is 18.3 Å². The van der Waals surface area contributed by atoms with Crippen molar-refractivity contribution in [3.05, 3.63) is 29.3 Å². The Balaban J connectivity index is 1.56. The maximum Gasteiger partial charge on any atom is 0.260 e. The highest BCUT2D eigenvalue weighted by atomic mass is 16.5. The molecule has 1 aromatic rings. The predicted octanol–water partition coefficient (Wildman–Crippen LogP) is 2.40. The summed E-state index contributed by atoms with van der Waals surface area (Å²) in [4.78, 5) is 28.1. The summed E-state index contributed by atoms with van der Waals surface area (Å²) < 4.78 is 5.76. The maximum atomic E-state index is 12.6. The molecule has 136 valence electrons. The molecule has 2 fully saturated rings. The molecule has 3 atom stereocenters. The molecule has 5 heteroatoms. The lowest BCUT2D eigenvalue weighted by Gasteiger charge is -2.31. The monoisotopic (exact) mass is 344 g/mol. The Bertz CT molecular complexity index is 673. The number of rotatable bonds is 4. The van der Waals surface area contributed by atoms with Gasteiger partial charge in [-0.1, -0.05) is 12.1 Å². The van der Waals surface area contributed by atoms with E-state index in [1.54, 1.807) is 0 Å². The van der Waals surface area contributed by atoms with Crippen LogP contribution in [0.25, 0.3) is 0 Å². The zero-order chi connectivity index (χ0) is 18.1. The number of ether oxygens (including phenoxy) is 1. The van der Waals surface area contributed by atoms with Gasteiger partial charge in [0.1, 0.15) is 5.75 Å². The van der Waals surface area contributed by atoms with E-state index in [1.165, 1.54) is 0 Å². The van der Waals surface area contributed by atoms with Crippen LogP contribution in [0, 0.1) is 25.7 Å². The molecule has 2 amide bonds. The summed E-state index contributed by atoms with van der Waals surface area (Å²) >= 11 is 0. The zero-order valence-electron chi connectivity index (χ0n) is 15.6. The van der Waals surface area contributed by atoms with Crippen LogP contribution in [0.3, 0.4) is 0 Å². The summed E-state index contributed by atoms with van der Waals surface area (Å²) in [6.45, 7) is 4.93. The van der Waals surface area contributed by atoms with Crippen LogP contribution in [0.2, 0.25) is 0 Å². The lowest BCUT2D eigenvalue weighted by molar-refractivity contribution is -0.135. The van der Waals surface area contributed by atoms with Crippen molar-refractivity contribution in [2.45, 2.75) is 39.2 Å². The summed E-state index contributed by atoms with van der Waals surface area (Å²) in [5, 5.41) is 0. The number of fused-ring (bicyclic) bond motifs is 1. The number of hydrogen-bond donors (Lipinski definition) is 0. The Labute approximate surface area is 149 Å². The second kappa shape index (κ2) is 7.06. The Morgan fingerprint density at radius 1 is 1.28 bits per heavy atom. The van der Waals surface area contributed by atoms with Crippen LogP contribution in [0.1, 0.15) is 30.4 Å². The molecule has 0 aromatic heterocycles. The van der Waals surface area contributed by atoms with Crippen molar-refractivity contribution in [3.63, 3.8) is 0 Å². The average Bonchev–Trinajstić information content (AvgIpc) is 2.98. The van der Waals surface area contributed by atoms with Gasteiger partial charge in [0.15, 0.2) is 6.61 Å². The SMILES string of the molecule is Cc1cccc(OCC(=O)N(C)[C@@H]2C[C@@H]3CC(=O)N(C)C[C@@H]3C2)c1C. The van der Waals surface area contributed by atoms with Crippen molar-refractivity contribution in [2.24, 2.45) is 11.8 Å². The molecule has 25 heavy (non-hydrogen) atoms. The first-order chi connectivity index (χ1) is 11.9. The first-order valence-corrected chi connectivity index (χ1v) is 9.05. The molecule has 3 rings (SSSR count). The van der Waals surface area contributed by atoms with Gasteiger partial charge in [-0.15, -0.1) is 0 Å². The molecular formula is C20H28N2O3. The van der Waals surface area contributed by atoms with E-state index < -0.39 is 0 Å². The lowest BCUT2D eigenvalue weighted by atomic mass is 9.88. The van der Waals surface area contributed by atoms with Crippen LogP contribution in [-0.2, 0) is 9.59 Å². The topological polar surface area (TPSA) is 49.9 Å². The maximum absolute atomic E-state index is 12.6. The second-order valence-electron chi connectivity index (χ2n) is 7.62. The smallest absolute Gasteiger partial charge is 0.260 e. The number of piperidine rings is 1. The Morgan fingerprint density at radius 3 is 2.76 bits per heavy atom. The standard InChI is InChI=1S/C20H28N2O3/c1-13-6-5-7-18(14(13)2)25-12-20(24)22(4)17-8-15-10-19(23)21(3)11-16(15)9-17/h5-7,15-17H,8-12H2,1-4H3/t15-,16+,17-/m1/s1. The number of benzene rings is 1. The van der Waals surface area contributed by atoms with Gasteiger partial charge in [-0.2, -0.15) is 0 Å². The van der Waals surface area contributed by atoms with Crippen molar-refractivity contribution >= 4 is 11.8 Å². The van der Waals surface area contributed by atoms with Crippen LogP contribution in [0.5, 0.6) is 5.75 Å². The van der Waals surface area contributed by atoms with Crippen LogP contribution in [0.4, 0.5) is 0 Å². The minimum Gasteiger partial charge on any atom is -0.483 e. The van der Waals surface area contributed by atoms with Gasteiger partial charge < -0.3 is 14.5 Å². The number of likely N-dealkylation sites (N-methyl/N-ethyl adjacent to an activating group) is 1. The molecule has 1 saturated carbocycles. The highest BCUT2D eigenvalue weighted by Crippen LogP contribution is 2.40. The van der Waals surface area contributed by atoms with Gasteiger partial charge in [0.2, 0.25) is 5.91 Å². The Morgan fingerprint density at radius 2 is 2.00 bits per heavy atom. The number of hydrogen-bond acceptors (Lipinski definition) is 3. The highest BCUT2D eigenvalue weighted by molar-refractivity contribution is 5.78. The van der Waals surface area contributed by atoms with Gasteiger partial charge in [-0.3, -0.25) is 9.59 Å². The third kappa shape index (κ3) is 3.65. The van der Waals surface area contributed by atoms with E-state index in [2.05, 4.69) is 0 Å². The van der Waals surface area contributed by atoms with E-state index >= 15 is 0 Å². The summed E-state index contributed by atoms with van der Waals surface area (Å²) in [6.07, 6.45) is 2.53. The van der Waals surface area contributed by atoms with E-state index in [9.17, 15) is 9.59 Å². The molecule has 1 aromatic carbocycles. The zero-order valence-corrected chi connectivity index (χ0v) is 15.6. The Kier molecular flexibility index (Phi) is 5.02. The molecule has 5 nitrogen and oxygen atoms in total. The van der Waals surface area contributed by atoms with Crippen molar-refractivity contribution < 1.29 is 14.3 Å². The molecule has 0 N–H and O–H groups in total. The fourth-order valence-corrected chi connectivity index (χ4v) is 4.13. The van der Waals surface area contributed by atoms with Gasteiger partial charge in [0.25, 0.3) is 5.91 Å². The fraction of sp³-hybridized carbons (Fsp3) is 0.600. The third-order valence-electron chi connectivity index (χ3n) is 6.03. The van der Waals surface area contributed by atoms with Crippen molar-refractivity contribution in [1.29, 1.82) is 0 Å². The molecule has 1 aliphatic carbocycles. The van der Waals surface area contributed by atoms with E-state index in [4.69, 9.17) is 4.74 Å². The van der Waals surface area contributed by atoms with Crippen molar-refractivity contribution in [2.75, 3.05) is 27.2 Å². The van der Waals surface area contributed by atoms with Crippen molar-refractivity contribution in [1.82, 2.24) is 9.80 Å². The third-order valence-corrected chi connectivity index (χ3v) is 6.03. The molecule has 2 aliphatic rings. The molecule has 0 bridgehead atoms. The molecule has 0 unspecified atom stereocenters. The van der Waals surface area contributed by atoms with Crippen LogP contribution in [-0.4, -0.2) is 54.9 Å². The first kappa shape index (κ1) is 17.8. The number of aryl methyl sites for hydroxylation is 1. The molecular weight excluding hydrogens is 316 g/mol. The molecule has 1 aliphatic heterocycles. The summed E-state index contributed by atoms with van der Waals surface area (Å²) in [5.41, 5.74) is 2.23. The largest absolute Gasteiger partial charge is 0.483 e. The fourth-order valence-electron chi connectivity index (χ4n) is 4.13. The minimum atomic E-state index is 0.00392. The summed E-state index contributed by atoms with van der Waals surface area (Å²) in [5.74, 6) is 1.94. The van der Waals surface area contributed by atoms with Crippen LogP contribution >= 0.6 is 0 Å². The lowest BCUT2D eigenvalue weighted by Crippen LogP contribution is -2.40. The van der Waals surface area contributed by atoms with E-state index in [0.717, 1.165) is 36.3 Å².